The summed E-state index contributed by atoms with van der Waals surface area (Å²) in [6.45, 7) is 1.73. The van der Waals surface area contributed by atoms with Crippen LogP contribution in [0.15, 0.2) is 105 Å². The van der Waals surface area contributed by atoms with Gasteiger partial charge in [0.25, 0.3) is 5.91 Å². The van der Waals surface area contributed by atoms with Crippen molar-refractivity contribution in [1.29, 1.82) is 0 Å². The maximum absolute atomic E-state index is 15.4. The molecular weight excluding hydrogens is 625 g/mol. The molecule has 0 saturated heterocycles. The largest absolute Gasteiger partial charge is 0.351 e. The van der Waals surface area contributed by atoms with Crippen molar-refractivity contribution >= 4 is 37.5 Å². The van der Waals surface area contributed by atoms with E-state index in [-0.39, 0.29) is 28.5 Å². The van der Waals surface area contributed by atoms with Crippen LogP contribution in [0.1, 0.15) is 28.7 Å². The van der Waals surface area contributed by atoms with Crippen molar-refractivity contribution in [3.8, 4) is 16.8 Å². The molecule has 1 amide bonds. The molecule has 0 aliphatic rings. The summed E-state index contributed by atoms with van der Waals surface area (Å²) in [6, 6.07) is 24.1. The summed E-state index contributed by atoms with van der Waals surface area (Å²) < 4.78 is 42.5. The van der Waals surface area contributed by atoms with E-state index in [0.717, 1.165) is 0 Å². The molecule has 0 fully saturated rings. The van der Waals surface area contributed by atoms with Gasteiger partial charge >= 0.3 is 5.69 Å². The first-order chi connectivity index (χ1) is 20.1. The molecule has 0 bridgehead atoms. The third-order valence-corrected chi connectivity index (χ3v) is 8.25. The number of nitrogens with zero attached hydrogens (tertiary/aromatic N) is 3. The Morgan fingerprint density at radius 2 is 1.71 bits per heavy atom. The first-order valence-corrected chi connectivity index (χ1v) is 15.2. The van der Waals surface area contributed by atoms with Crippen LogP contribution in [-0.2, 0) is 23.0 Å². The first kappa shape index (κ1) is 29.1. The van der Waals surface area contributed by atoms with E-state index < -0.39 is 21.5 Å². The van der Waals surface area contributed by atoms with Gasteiger partial charge in [-0.05, 0) is 64.0 Å². The summed E-state index contributed by atoms with van der Waals surface area (Å²) >= 11 is 3.46. The highest BCUT2D eigenvalue weighted by Crippen LogP contribution is 2.29. The van der Waals surface area contributed by atoms with E-state index in [9.17, 15) is 18.0 Å². The number of aryl methyl sites for hydroxylation is 1. The highest BCUT2D eigenvalue weighted by Gasteiger charge is 2.20. The molecule has 5 rings (SSSR count). The zero-order valence-electron chi connectivity index (χ0n) is 22.3. The van der Waals surface area contributed by atoms with Crippen molar-refractivity contribution in [1.82, 2.24) is 14.3 Å². The molecule has 0 atom stereocenters. The normalized spacial score (nSPS) is 11.4. The Morgan fingerprint density at radius 3 is 2.40 bits per heavy atom. The predicted octanol–water partition coefficient (Wildman–Crippen LogP) is 5.11. The fourth-order valence-electron chi connectivity index (χ4n) is 4.53. The second-order valence-corrected chi connectivity index (χ2v) is 11.8. The number of hydrogen-bond acceptors (Lipinski definition) is 5. The van der Waals surface area contributed by atoms with E-state index in [1.54, 1.807) is 60.7 Å². The van der Waals surface area contributed by atoms with Crippen molar-refractivity contribution in [2.75, 3.05) is 5.32 Å². The number of carbonyl (C=O) groups excluding carboxylic acids is 1. The molecule has 1 heterocycles. The minimum Gasteiger partial charge on any atom is -0.322 e. The Balaban J connectivity index is 1.47. The third-order valence-electron chi connectivity index (χ3n) is 6.61. The Kier molecular flexibility index (Phi) is 8.21. The maximum atomic E-state index is 15.4. The maximum Gasteiger partial charge on any atom is 0.351 e. The average Bonchev–Trinajstić information content (AvgIpc) is 3.29. The zero-order chi connectivity index (χ0) is 30.0. The van der Waals surface area contributed by atoms with E-state index in [4.69, 9.17) is 5.14 Å². The molecule has 0 aliphatic carbocycles. The number of sulfonamides is 1. The number of aromatic nitrogens is 3. The SMILES string of the molecule is CCc1nn(-c2cc(NC(=O)c3ccccc3)ccc2Br)c(=O)n1Cc1ccc(-c2ccccc2S(N)(=O)=O)cc1F. The number of anilines is 1. The lowest BCUT2D eigenvalue weighted by Gasteiger charge is -2.11. The van der Waals surface area contributed by atoms with Crippen molar-refractivity contribution in [3.05, 3.63) is 129 Å². The van der Waals surface area contributed by atoms with Gasteiger partial charge in [-0.3, -0.25) is 9.36 Å². The smallest absolute Gasteiger partial charge is 0.322 e. The van der Waals surface area contributed by atoms with Crippen LogP contribution >= 0.6 is 15.9 Å². The minimum atomic E-state index is -4.02. The Hall–Kier alpha value is -4.39. The van der Waals surface area contributed by atoms with E-state index in [1.807, 2.05) is 13.0 Å². The molecule has 9 nitrogen and oxygen atoms in total. The van der Waals surface area contributed by atoms with Crippen molar-refractivity contribution in [2.24, 2.45) is 5.14 Å². The number of hydrogen-bond donors (Lipinski definition) is 2. The molecule has 0 spiro atoms. The van der Waals surface area contributed by atoms with E-state index in [2.05, 4.69) is 26.3 Å². The van der Waals surface area contributed by atoms with Gasteiger partial charge in [0.05, 0.1) is 17.1 Å². The number of benzene rings is 4. The molecular formula is C30H25BrFN5O4S. The topological polar surface area (TPSA) is 129 Å². The summed E-state index contributed by atoms with van der Waals surface area (Å²) in [7, 11) is -4.02. The Labute approximate surface area is 249 Å². The van der Waals surface area contributed by atoms with Gasteiger partial charge < -0.3 is 5.32 Å². The lowest BCUT2D eigenvalue weighted by atomic mass is 10.0. The molecule has 1 aromatic heterocycles. The Bertz CT molecular complexity index is 1970. The highest BCUT2D eigenvalue weighted by molar-refractivity contribution is 9.10. The van der Waals surface area contributed by atoms with Crippen LogP contribution < -0.4 is 16.1 Å². The number of nitrogens with one attached hydrogen (secondary N) is 1. The summed E-state index contributed by atoms with van der Waals surface area (Å²) in [5, 5.41) is 12.7. The van der Waals surface area contributed by atoms with E-state index in [0.29, 0.717) is 39.2 Å². The summed E-state index contributed by atoms with van der Waals surface area (Å²) in [5.41, 5.74) is 1.66. The van der Waals surface area contributed by atoms with Crippen molar-refractivity contribution in [3.63, 3.8) is 0 Å². The molecule has 0 radical (unpaired) electrons. The van der Waals surface area contributed by atoms with Crippen LogP contribution in [0, 0.1) is 5.82 Å². The number of primary sulfonamides is 1. The Morgan fingerprint density at radius 1 is 1.00 bits per heavy atom. The quantitative estimate of drug-likeness (QED) is 0.241. The molecule has 12 heteroatoms. The molecule has 3 N–H and O–H groups in total. The number of halogens is 2. The zero-order valence-corrected chi connectivity index (χ0v) is 24.7. The standard InChI is InChI=1S/C30H25BrFN5O4S/c1-2-28-35-37(26-17-22(14-15-24(26)31)34-29(38)19-8-4-3-5-9-19)30(39)36(28)18-21-13-12-20(16-25(21)32)23-10-6-7-11-27(23)42(33,40)41/h3-17H,2,18H2,1H3,(H,34,38)(H2,33,40,41). The summed E-state index contributed by atoms with van der Waals surface area (Å²) in [4.78, 5) is 26.1. The fourth-order valence-corrected chi connectivity index (χ4v) is 5.70. The molecule has 0 saturated carbocycles. The second-order valence-electron chi connectivity index (χ2n) is 9.38. The number of carbonyl (C=O) groups is 1. The number of amides is 1. The summed E-state index contributed by atoms with van der Waals surface area (Å²) in [5.74, 6) is -0.500. The van der Waals surface area contributed by atoms with Gasteiger partial charge in [-0.25, -0.2) is 22.7 Å². The van der Waals surface area contributed by atoms with Gasteiger partial charge in [-0.1, -0.05) is 55.5 Å². The minimum absolute atomic E-state index is 0.104. The third kappa shape index (κ3) is 5.96. The van der Waals surface area contributed by atoms with Gasteiger partial charge in [0.2, 0.25) is 10.0 Å². The molecule has 0 unspecified atom stereocenters. The molecule has 5 aromatic rings. The van der Waals surface area contributed by atoms with Crippen molar-refractivity contribution < 1.29 is 17.6 Å². The van der Waals surface area contributed by atoms with Crippen LogP contribution in [0.2, 0.25) is 0 Å². The number of rotatable bonds is 8. The van der Waals surface area contributed by atoms with Crippen LogP contribution in [0.4, 0.5) is 10.1 Å². The number of nitrogens with two attached hydrogens (primary N) is 1. The van der Waals surface area contributed by atoms with Crippen molar-refractivity contribution in [2.45, 2.75) is 24.8 Å². The highest BCUT2D eigenvalue weighted by atomic mass is 79.9. The second kappa shape index (κ2) is 11.8. The van der Waals surface area contributed by atoms with Gasteiger partial charge in [0.1, 0.15) is 11.6 Å². The molecule has 4 aromatic carbocycles. The summed E-state index contributed by atoms with van der Waals surface area (Å²) in [6.07, 6.45) is 0.395. The first-order valence-electron chi connectivity index (χ1n) is 12.8. The molecule has 0 aliphatic heterocycles. The van der Waals surface area contributed by atoms with Gasteiger partial charge in [0.15, 0.2) is 0 Å². The monoisotopic (exact) mass is 649 g/mol. The predicted molar refractivity (Wildman–Crippen MR) is 162 cm³/mol. The lowest BCUT2D eigenvalue weighted by Crippen LogP contribution is -2.25. The lowest BCUT2D eigenvalue weighted by molar-refractivity contribution is 0.102. The molecule has 42 heavy (non-hydrogen) atoms. The van der Waals surface area contributed by atoms with Crippen LogP contribution in [0.5, 0.6) is 0 Å². The van der Waals surface area contributed by atoms with Crippen LogP contribution in [0.3, 0.4) is 0 Å². The molecule has 214 valence electrons. The van der Waals surface area contributed by atoms with Gasteiger partial charge in [-0.2, -0.15) is 4.68 Å². The van der Waals surface area contributed by atoms with E-state index >= 15 is 4.39 Å². The fraction of sp³-hybridized carbons (Fsp3) is 0.100. The van der Waals surface area contributed by atoms with Gasteiger partial charge in [-0.15, -0.1) is 5.10 Å². The van der Waals surface area contributed by atoms with E-state index in [1.165, 1.54) is 33.5 Å². The average molecular weight is 651 g/mol. The van der Waals surface area contributed by atoms with Crippen LogP contribution in [-0.4, -0.2) is 28.7 Å². The van der Waals surface area contributed by atoms with Gasteiger partial charge in [0, 0.05) is 33.3 Å². The van der Waals surface area contributed by atoms with Crippen LogP contribution in [0.25, 0.3) is 16.8 Å².